The SMILES string of the molecule is C.C.C.C.C.C.C.C.C.C.CCC(C)c1ccc(OC(C)OC2CCCCC2)cc1.CCC(C)c1ccc(OC(C)OCCC2CCCCC2)cc1.CCC(C)c1ccc(OC(C)OCCc2ccccc2)cc1.CCC(C)c1ccc(OCOC)cc1.CCOC(C)Oc1ccc(C(C)CC)cc1. The molecule has 0 N–H and O–H groups in total. The van der Waals surface area contributed by atoms with E-state index in [0.717, 1.165) is 67.0 Å². The lowest BCUT2D eigenvalue weighted by Gasteiger charge is -2.26. The largest absolute Gasteiger partial charge is 0.468 e. The van der Waals surface area contributed by atoms with Crippen molar-refractivity contribution in [3.05, 3.63) is 185 Å². The summed E-state index contributed by atoms with van der Waals surface area (Å²) in [6.45, 7) is 34.5. The van der Waals surface area contributed by atoms with E-state index in [0.29, 0.717) is 55.7 Å². The van der Waals surface area contributed by atoms with Gasteiger partial charge in [0.2, 0.25) is 0 Å². The molecule has 2 aliphatic rings. The van der Waals surface area contributed by atoms with Crippen LogP contribution in [0, 0.1) is 5.92 Å². The predicted molar refractivity (Wildman–Crippen MR) is 459 cm³/mol. The lowest BCUT2D eigenvalue weighted by molar-refractivity contribution is -0.116. The van der Waals surface area contributed by atoms with E-state index in [-0.39, 0.29) is 99.4 Å². The lowest BCUT2D eigenvalue weighted by Crippen LogP contribution is -2.26. The molecular weight excluding hydrogens is 1290 g/mol. The van der Waals surface area contributed by atoms with Gasteiger partial charge in [0.15, 0.2) is 32.0 Å². The lowest BCUT2D eigenvalue weighted by atomic mass is 9.87. The summed E-state index contributed by atoms with van der Waals surface area (Å²) in [5.41, 5.74) is 8.11. The van der Waals surface area contributed by atoms with Crippen LogP contribution in [0.2, 0.25) is 0 Å². The molecule has 0 saturated heterocycles. The number of methoxy groups -OCH3 is 1. The van der Waals surface area contributed by atoms with Crippen molar-refractivity contribution in [3.63, 3.8) is 0 Å². The zero-order valence-electron chi connectivity index (χ0n) is 61.2. The zero-order chi connectivity index (χ0) is 68.3. The normalized spacial score (nSPS) is 14.5. The summed E-state index contributed by atoms with van der Waals surface area (Å²) in [5.74, 6) is 8.30. The first-order chi connectivity index (χ1) is 45.5. The van der Waals surface area contributed by atoms with Crippen molar-refractivity contribution < 1.29 is 47.4 Å². The van der Waals surface area contributed by atoms with Crippen molar-refractivity contribution in [2.24, 2.45) is 5.92 Å². The van der Waals surface area contributed by atoms with Crippen molar-refractivity contribution in [2.45, 2.75) is 348 Å². The monoisotopic (exact) mass is 1460 g/mol. The molecule has 0 spiro atoms. The Balaban J connectivity index is -0.000000223. The number of benzene rings is 6. The Morgan fingerprint density at radius 3 is 0.942 bits per heavy atom. The molecule has 2 aliphatic carbocycles. The number of hydrogen-bond donors (Lipinski definition) is 0. The average Bonchev–Trinajstić information content (AvgIpc) is 0.891. The van der Waals surface area contributed by atoms with E-state index in [9.17, 15) is 0 Å². The Kier molecular flexibility index (Phi) is 71.3. The average molecular weight is 1460 g/mol. The van der Waals surface area contributed by atoms with E-state index in [1.807, 2.05) is 89.2 Å². The van der Waals surface area contributed by atoms with Gasteiger partial charge in [-0.3, -0.25) is 0 Å². The summed E-state index contributed by atoms with van der Waals surface area (Å²) in [7, 11) is 1.62. The predicted octanol–water partition coefficient (Wildman–Crippen LogP) is 29.9. The summed E-state index contributed by atoms with van der Waals surface area (Å²) in [5, 5.41) is 0. The molecule has 602 valence electrons. The summed E-state index contributed by atoms with van der Waals surface area (Å²) < 4.78 is 56.1. The van der Waals surface area contributed by atoms with Gasteiger partial charge in [-0.1, -0.05) is 286 Å². The summed E-state index contributed by atoms with van der Waals surface area (Å²) in [6, 6.07) is 52.0. The maximum atomic E-state index is 5.97. The van der Waals surface area contributed by atoms with Crippen LogP contribution in [0.25, 0.3) is 0 Å². The van der Waals surface area contributed by atoms with Gasteiger partial charge in [0.25, 0.3) is 0 Å². The van der Waals surface area contributed by atoms with E-state index < -0.39 is 0 Å². The van der Waals surface area contributed by atoms with Crippen molar-refractivity contribution in [1.82, 2.24) is 0 Å². The van der Waals surface area contributed by atoms with Crippen LogP contribution in [0.3, 0.4) is 0 Å². The van der Waals surface area contributed by atoms with Crippen LogP contribution in [0.1, 0.15) is 344 Å². The molecule has 0 amide bonds. The van der Waals surface area contributed by atoms with Crippen LogP contribution < -0.4 is 23.7 Å². The molecule has 0 bridgehead atoms. The summed E-state index contributed by atoms with van der Waals surface area (Å²) in [6.07, 6.45) is 20.8. The first kappa shape index (κ1) is 111. The van der Waals surface area contributed by atoms with Crippen molar-refractivity contribution in [3.8, 4) is 28.7 Å². The van der Waals surface area contributed by atoms with Gasteiger partial charge in [0.1, 0.15) is 28.7 Å². The van der Waals surface area contributed by atoms with Crippen molar-refractivity contribution >= 4 is 0 Å². The number of ether oxygens (including phenoxy) is 10. The quantitative estimate of drug-likeness (QED) is 0.0371. The first-order valence-electron chi connectivity index (χ1n) is 36.3. The highest BCUT2D eigenvalue weighted by Gasteiger charge is 2.19. The van der Waals surface area contributed by atoms with Gasteiger partial charge in [-0.2, -0.15) is 0 Å². The van der Waals surface area contributed by atoms with Gasteiger partial charge >= 0.3 is 0 Å². The van der Waals surface area contributed by atoms with Crippen LogP contribution in [-0.2, 0) is 30.1 Å². The van der Waals surface area contributed by atoms with E-state index in [4.69, 9.17) is 47.4 Å². The van der Waals surface area contributed by atoms with E-state index >= 15 is 0 Å². The smallest absolute Gasteiger partial charge is 0.197 e. The molecule has 104 heavy (non-hydrogen) atoms. The topological polar surface area (TPSA) is 92.3 Å². The van der Waals surface area contributed by atoms with Gasteiger partial charge in [-0.05, 0) is 222 Å². The van der Waals surface area contributed by atoms with Crippen LogP contribution in [0.5, 0.6) is 28.7 Å². The second kappa shape index (κ2) is 66.5. The molecule has 6 aromatic rings. The van der Waals surface area contributed by atoms with Gasteiger partial charge in [-0.15, -0.1) is 0 Å². The van der Waals surface area contributed by atoms with Crippen LogP contribution in [0.15, 0.2) is 152 Å². The van der Waals surface area contributed by atoms with E-state index in [2.05, 4.69) is 166 Å². The fourth-order valence-electron chi connectivity index (χ4n) is 11.2. The van der Waals surface area contributed by atoms with Gasteiger partial charge in [0.05, 0.1) is 19.3 Å². The standard InChI is InChI=1S/C20H32O2.C20H26O2.C18H28O2.C14H22O2.C12H18O2.10CH4/c2*1-4-16(2)19-10-12-20(13-11-19)22-17(3)21-15-14-18-8-6-5-7-9-18;1-4-14(2)16-10-12-18(13-11-16)20-15(3)19-17-8-6-5-7-9-17;1-5-11(3)13-7-9-14(10-8-13)16-12(4)15-6-2;1-4-10(2)11-5-7-12(8-6-11)14-9-13-3;;;;;;;;;;/h10-13,16-18H,4-9,14-15H2,1-3H3;5-13,16-17H,4,14-15H2,1-3H3;10-15,17H,4-9H2,1-3H3;7-12H,5-6H2,1-4H3;5-8,10H,4,9H2,1-3H3;10*1H4. The summed E-state index contributed by atoms with van der Waals surface area (Å²) >= 11 is 0. The molecule has 10 heteroatoms. The summed E-state index contributed by atoms with van der Waals surface area (Å²) in [4.78, 5) is 0. The molecule has 9 atom stereocenters. The highest BCUT2D eigenvalue weighted by atomic mass is 16.7. The van der Waals surface area contributed by atoms with Crippen LogP contribution in [-0.4, -0.2) is 65.0 Å². The van der Waals surface area contributed by atoms with Crippen LogP contribution >= 0.6 is 0 Å². The molecule has 0 radical (unpaired) electrons. The maximum Gasteiger partial charge on any atom is 0.197 e. The van der Waals surface area contributed by atoms with Gasteiger partial charge < -0.3 is 47.4 Å². The van der Waals surface area contributed by atoms with Gasteiger partial charge in [0, 0.05) is 13.7 Å². The second-order valence-corrected chi connectivity index (χ2v) is 25.8. The Morgan fingerprint density at radius 1 is 0.327 bits per heavy atom. The first-order valence-corrected chi connectivity index (χ1v) is 36.3. The fraction of sp³-hybridized carbons (Fsp3) is 0.617. The molecular formula is C94H166O10. The molecule has 0 heterocycles. The Bertz CT molecular complexity index is 2740. The highest BCUT2D eigenvalue weighted by molar-refractivity contribution is 5.33. The Hall–Kier alpha value is -5.88. The third kappa shape index (κ3) is 46.3. The minimum atomic E-state index is -0.238. The van der Waals surface area contributed by atoms with Crippen LogP contribution in [0.4, 0.5) is 0 Å². The molecule has 2 saturated carbocycles. The van der Waals surface area contributed by atoms with E-state index in [1.54, 1.807) is 7.11 Å². The highest BCUT2D eigenvalue weighted by Crippen LogP contribution is 2.30. The minimum Gasteiger partial charge on any atom is -0.468 e. The number of hydrogen-bond acceptors (Lipinski definition) is 10. The molecule has 0 aliphatic heterocycles. The van der Waals surface area contributed by atoms with E-state index in [1.165, 1.54) is 117 Å². The molecule has 0 aromatic heterocycles. The number of rotatable bonds is 33. The molecule has 9 unspecified atom stereocenters. The molecule has 10 nitrogen and oxygen atoms in total. The minimum absolute atomic E-state index is 0. The Morgan fingerprint density at radius 2 is 0.625 bits per heavy atom. The second-order valence-electron chi connectivity index (χ2n) is 25.8. The fourth-order valence-corrected chi connectivity index (χ4v) is 11.2. The third-order valence-electron chi connectivity index (χ3n) is 18.4. The maximum absolute atomic E-state index is 5.97. The molecule has 6 aromatic carbocycles. The zero-order valence-corrected chi connectivity index (χ0v) is 61.2. The van der Waals surface area contributed by atoms with Crippen molar-refractivity contribution in [1.29, 1.82) is 0 Å². The molecule has 2 fully saturated rings. The third-order valence-corrected chi connectivity index (χ3v) is 18.4. The van der Waals surface area contributed by atoms with Crippen molar-refractivity contribution in [2.75, 3.05) is 33.7 Å². The Labute approximate surface area is 645 Å². The molecule has 8 rings (SSSR count). The van der Waals surface area contributed by atoms with Gasteiger partial charge in [-0.25, -0.2) is 0 Å².